The molecular weight excluding hydrogens is 416 g/mol. The molecule has 1 fully saturated rings. The molecule has 1 heterocycles. The fourth-order valence-electron chi connectivity index (χ4n) is 3.16. The Labute approximate surface area is 178 Å². The van der Waals surface area contributed by atoms with Crippen LogP contribution in [0, 0.1) is 5.82 Å². The maximum Gasteiger partial charge on any atom is 0.250 e. The van der Waals surface area contributed by atoms with Crippen molar-refractivity contribution in [3.8, 4) is 0 Å². The number of anilines is 1. The second-order valence-corrected chi connectivity index (χ2v) is 7.69. The first-order valence-electron chi connectivity index (χ1n) is 9.10. The van der Waals surface area contributed by atoms with Gasteiger partial charge in [-0.15, -0.1) is 0 Å². The molecule has 0 unspecified atom stereocenters. The summed E-state index contributed by atoms with van der Waals surface area (Å²) in [6.45, 7) is 1.18. The Morgan fingerprint density at radius 1 is 1.03 bits per heavy atom. The number of halogens is 3. The number of carbonyl (C=O) groups is 2. The summed E-state index contributed by atoms with van der Waals surface area (Å²) in [5.74, 6) is -1.09. The summed E-state index contributed by atoms with van der Waals surface area (Å²) < 4.78 is 13.0. The summed E-state index contributed by atoms with van der Waals surface area (Å²) in [4.78, 5) is 25.6. The van der Waals surface area contributed by atoms with Crippen LogP contribution in [0.4, 0.5) is 10.1 Å². The summed E-state index contributed by atoms with van der Waals surface area (Å²) in [5, 5.41) is 9.64. The fourth-order valence-corrected chi connectivity index (χ4v) is 3.69. The van der Waals surface area contributed by atoms with Gasteiger partial charge in [-0.3, -0.25) is 9.59 Å². The van der Waals surface area contributed by atoms with Crippen molar-refractivity contribution in [2.75, 3.05) is 18.4 Å². The average Bonchev–Trinajstić information content (AvgIpc) is 2.67. The molecule has 1 aliphatic heterocycles. The van der Waals surface area contributed by atoms with Crippen LogP contribution < -0.4 is 16.0 Å². The van der Waals surface area contributed by atoms with Gasteiger partial charge in [0, 0.05) is 21.8 Å². The van der Waals surface area contributed by atoms with Crippen molar-refractivity contribution in [2.24, 2.45) is 0 Å². The number of carbonyl (C=O) groups excluding carboxylic acids is 2. The maximum atomic E-state index is 13.1. The monoisotopic (exact) mass is 435 g/mol. The molecule has 1 aliphatic rings. The normalized spacial score (nSPS) is 15.8. The van der Waals surface area contributed by atoms with Crippen LogP contribution in [0.25, 0.3) is 6.08 Å². The summed E-state index contributed by atoms with van der Waals surface area (Å²) in [6.07, 6.45) is 3.77. The Bertz CT molecular complexity index is 906. The van der Waals surface area contributed by atoms with Crippen LogP contribution in [0.3, 0.4) is 0 Å². The summed E-state index contributed by atoms with van der Waals surface area (Å²) in [5.41, 5.74) is 0.0741. The zero-order valence-electron chi connectivity index (χ0n) is 15.5. The highest BCUT2D eigenvalue weighted by Gasteiger charge is 2.40. The highest BCUT2D eigenvalue weighted by molar-refractivity contribution is 6.35. The molecule has 29 heavy (non-hydrogen) atoms. The maximum absolute atomic E-state index is 13.1. The van der Waals surface area contributed by atoms with Gasteiger partial charge in [0.2, 0.25) is 11.8 Å². The minimum Gasteiger partial charge on any atom is -0.338 e. The van der Waals surface area contributed by atoms with Crippen molar-refractivity contribution in [1.29, 1.82) is 0 Å². The van der Waals surface area contributed by atoms with Crippen molar-refractivity contribution in [3.05, 3.63) is 70.0 Å². The predicted molar refractivity (Wildman–Crippen MR) is 114 cm³/mol. The summed E-state index contributed by atoms with van der Waals surface area (Å²) >= 11 is 12.0. The van der Waals surface area contributed by atoms with Crippen molar-refractivity contribution in [1.82, 2.24) is 10.6 Å². The molecule has 0 atom stereocenters. The average molecular weight is 436 g/mol. The molecule has 5 nitrogen and oxygen atoms in total. The van der Waals surface area contributed by atoms with Gasteiger partial charge in [0.1, 0.15) is 11.4 Å². The first kappa shape index (κ1) is 21.3. The molecule has 2 amide bonds. The molecule has 0 aliphatic carbocycles. The molecular formula is C21H20Cl2FN3O2. The van der Waals surface area contributed by atoms with E-state index >= 15 is 0 Å². The standard InChI is InChI=1S/C21H20Cl2FN3O2/c22-15-11-16(23)13-18(12-15)26-20(29)21(7-9-25-10-8-21)27-19(28)6-3-14-1-4-17(24)5-2-14/h1-6,11-13,25H,7-10H2,(H,26,29)(H,27,28)/b6-3+. The van der Waals surface area contributed by atoms with Crippen molar-refractivity contribution >= 4 is 46.8 Å². The fraction of sp³-hybridized carbons (Fsp3) is 0.238. The first-order valence-corrected chi connectivity index (χ1v) is 9.86. The van der Waals surface area contributed by atoms with E-state index < -0.39 is 11.4 Å². The lowest BCUT2D eigenvalue weighted by Crippen LogP contribution is -2.61. The predicted octanol–water partition coefficient (Wildman–Crippen LogP) is 4.02. The Morgan fingerprint density at radius 3 is 2.28 bits per heavy atom. The molecule has 152 valence electrons. The van der Waals surface area contributed by atoms with Gasteiger partial charge in [-0.2, -0.15) is 0 Å². The minimum atomic E-state index is -1.07. The van der Waals surface area contributed by atoms with Gasteiger partial charge in [0.05, 0.1) is 0 Å². The smallest absolute Gasteiger partial charge is 0.250 e. The van der Waals surface area contributed by atoms with E-state index in [0.717, 1.165) is 0 Å². The highest BCUT2D eigenvalue weighted by Crippen LogP contribution is 2.25. The third kappa shape index (κ3) is 5.79. The third-order valence-corrected chi connectivity index (χ3v) is 5.11. The molecule has 0 saturated carbocycles. The van der Waals surface area contributed by atoms with Crippen molar-refractivity contribution in [2.45, 2.75) is 18.4 Å². The second kappa shape index (κ2) is 9.39. The minimum absolute atomic E-state index is 0.333. The van der Waals surface area contributed by atoms with E-state index in [2.05, 4.69) is 16.0 Å². The third-order valence-electron chi connectivity index (χ3n) is 4.67. The van der Waals surface area contributed by atoms with E-state index in [1.165, 1.54) is 18.2 Å². The van der Waals surface area contributed by atoms with E-state index in [4.69, 9.17) is 23.2 Å². The van der Waals surface area contributed by atoms with Gasteiger partial charge in [0.25, 0.3) is 0 Å². The zero-order chi connectivity index (χ0) is 20.9. The van der Waals surface area contributed by atoms with Gasteiger partial charge in [0.15, 0.2) is 0 Å². The van der Waals surface area contributed by atoms with Gasteiger partial charge in [-0.1, -0.05) is 35.3 Å². The highest BCUT2D eigenvalue weighted by atomic mass is 35.5. The number of hydrogen-bond acceptors (Lipinski definition) is 3. The molecule has 3 N–H and O–H groups in total. The van der Waals surface area contributed by atoms with Gasteiger partial charge >= 0.3 is 0 Å². The number of piperidine rings is 1. The number of benzene rings is 2. The van der Waals surface area contributed by atoms with Crippen LogP contribution in [-0.4, -0.2) is 30.4 Å². The Balaban J connectivity index is 1.74. The molecule has 0 aromatic heterocycles. The second-order valence-electron chi connectivity index (χ2n) is 6.82. The van der Waals surface area contributed by atoms with E-state index in [-0.39, 0.29) is 11.7 Å². The zero-order valence-corrected chi connectivity index (χ0v) is 17.0. The number of rotatable bonds is 5. The van der Waals surface area contributed by atoms with E-state index in [9.17, 15) is 14.0 Å². The molecule has 0 spiro atoms. The summed E-state index contributed by atoms with van der Waals surface area (Å²) in [7, 11) is 0. The molecule has 3 rings (SSSR count). The lowest BCUT2D eigenvalue weighted by molar-refractivity contribution is -0.129. The number of amides is 2. The van der Waals surface area contributed by atoms with Crippen molar-refractivity contribution in [3.63, 3.8) is 0 Å². The van der Waals surface area contributed by atoms with Gasteiger partial charge in [-0.05, 0) is 67.9 Å². The quantitative estimate of drug-likeness (QED) is 0.621. The molecule has 2 aromatic carbocycles. The van der Waals surface area contributed by atoms with Crippen LogP contribution in [-0.2, 0) is 9.59 Å². The topological polar surface area (TPSA) is 70.2 Å². The first-order chi connectivity index (χ1) is 13.9. The molecule has 1 saturated heterocycles. The van der Waals surface area contributed by atoms with Crippen LogP contribution in [0.15, 0.2) is 48.5 Å². The number of hydrogen-bond donors (Lipinski definition) is 3. The van der Waals surface area contributed by atoms with E-state index in [1.54, 1.807) is 36.4 Å². The van der Waals surface area contributed by atoms with Crippen molar-refractivity contribution < 1.29 is 14.0 Å². The van der Waals surface area contributed by atoms with Crippen LogP contribution in [0.5, 0.6) is 0 Å². The Hall–Kier alpha value is -2.41. The molecule has 0 radical (unpaired) electrons. The Kier molecular flexibility index (Phi) is 6.90. The molecule has 8 heteroatoms. The van der Waals surface area contributed by atoms with E-state index in [1.807, 2.05) is 0 Å². The van der Waals surface area contributed by atoms with Crippen LogP contribution in [0.1, 0.15) is 18.4 Å². The van der Waals surface area contributed by atoms with Gasteiger partial charge < -0.3 is 16.0 Å². The van der Waals surface area contributed by atoms with Gasteiger partial charge in [-0.25, -0.2) is 4.39 Å². The van der Waals surface area contributed by atoms with Crippen LogP contribution >= 0.6 is 23.2 Å². The lowest BCUT2D eigenvalue weighted by atomic mass is 9.87. The SMILES string of the molecule is O=C(/C=C/c1ccc(F)cc1)NC1(C(=O)Nc2cc(Cl)cc(Cl)c2)CCNCC1. The molecule has 2 aromatic rings. The Morgan fingerprint density at radius 2 is 1.66 bits per heavy atom. The number of nitrogens with one attached hydrogen (secondary N) is 3. The van der Waals surface area contributed by atoms with E-state index in [0.29, 0.717) is 47.2 Å². The summed E-state index contributed by atoms with van der Waals surface area (Å²) in [6, 6.07) is 10.5. The molecule has 0 bridgehead atoms. The van der Waals surface area contributed by atoms with Crippen LogP contribution in [0.2, 0.25) is 10.0 Å². The largest absolute Gasteiger partial charge is 0.338 e. The lowest BCUT2D eigenvalue weighted by Gasteiger charge is -2.36.